The average molecular weight is 214 g/mol. The summed E-state index contributed by atoms with van der Waals surface area (Å²) in [6, 6.07) is 7.66. The van der Waals surface area contributed by atoms with Gasteiger partial charge in [0.05, 0.1) is 0 Å². The lowest BCUT2D eigenvalue weighted by Crippen LogP contribution is -2.34. The first kappa shape index (κ1) is 11.5. The van der Waals surface area contributed by atoms with Crippen LogP contribution in [0.15, 0.2) is 24.3 Å². The Kier molecular flexibility index (Phi) is 3.93. The van der Waals surface area contributed by atoms with Gasteiger partial charge >= 0.3 is 0 Å². The maximum absolute atomic E-state index is 6.16. The predicted octanol–water partition coefficient (Wildman–Crippen LogP) is 2.55. The molecule has 3 heteroatoms. The van der Waals surface area contributed by atoms with Gasteiger partial charge in [-0.1, -0.05) is 29.8 Å². The third-order valence-corrected chi connectivity index (χ3v) is 2.64. The van der Waals surface area contributed by atoms with Crippen LogP contribution in [0, 0.1) is 0 Å². The van der Waals surface area contributed by atoms with Crippen molar-refractivity contribution in [3.8, 4) is 0 Å². The molecular formula is C11H16ClNO. The van der Waals surface area contributed by atoms with Gasteiger partial charge in [0.1, 0.15) is 0 Å². The molecule has 0 amide bonds. The minimum Gasteiger partial charge on any atom is -0.385 e. The molecule has 0 aliphatic carbocycles. The summed E-state index contributed by atoms with van der Waals surface area (Å²) in [6.07, 6.45) is 0.757. The van der Waals surface area contributed by atoms with Crippen LogP contribution in [0.1, 0.15) is 18.9 Å². The molecular weight excluding hydrogens is 198 g/mol. The second-order valence-electron chi connectivity index (χ2n) is 3.64. The van der Waals surface area contributed by atoms with Gasteiger partial charge in [0.25, 0.3) is 0 Å². The fourth-order valence-corrected chi connectivity index (χ4v) is 1.72. The standard InChI is InChI=1S/C11H16ClNO/c1-11(13,7-8-14-2)9-5-3-4-6-10(9)12/h3-6H,7-8,13H2,1-2H3. The Morgan fingerprint density at radius 1 is 1.43 bits per heavy atom. The first-order valence-corrected chi connectivity index (χ1v) is 4.98. The number of ether oxygens (including phenoxy) is 1. The highest BCUT2D eigenvalue weighted by Crippen LogP contribution is 2.28. The Balaban J connectivity index is 2.86. The zero-order valence-corrected chi connectivity index (χ0v) is 9.34. The molecule has 0 fully saturated rings. The van der Waals surface area contributed by atoms with E-state index in [0.29, 0.717) is 11.6 Å². The smallest absolute Gasteiger partial charge is 0.0483 e. The second-order valence-corrected chi connectivity index (χ2v) is 4.05. The van der Waals surface area contributed by atoms with Crippen molar-refractivity contribution in [2.24, 2.45) is 5.73 Å². The molecule has 0 bridgehead atoms. The van der Waals surface area contributed by atoms with Gasteiger partial charge in [-0.2, -0.15) is 0 Å². The first-order valence-electron chi connectivity index (χ1n) is 4.61. The number of rotatable bonds is 4. The lowest BCUT2D eigenvalue weighted by molar-refractivity contribution is 0.172. The highest BCUT2D eigenvalue weighted by molar-refractivity contribution is 6.31. The van der Waals surface area contributed by atoms with Gasteiger partial charge in [-0.05, 0) is 25.0 Å². The molecule has 0 radical (unpaired) electrons. The Bertz CT molecular complexity index is 299. The highest BCUT2D eigenvalue weighted by Gasteiger charge is 2.22. The van der Waals surface area contributed by atoms with Gasteiger partial charge in [-0.3, -0.25) is 0 Å². The first-order chi connectivity index (χ1) is 6.58. The largest absolute Gasteiger partial charge is 0.385 e. The summed E-state index contributed by atoms with van der Waals surface area (Å²) >= 11 is 6.07. The van der Waals surface area contributed by atoms with Crippen LogP contribution in [0.4, 0.5) is 0 Å². The van der Waals surface area contributed by atoms with Crippen molar-refractivity contribution < 1.29 is 4.74 Å². The number of nitrogens with two attached hydrogens (primary N) is 1. The monoisotopic (exact) mass is 213 g/mol. The van der Waals surface area contributed by atoms with E-state index in [1.165, 1.54) is 0 Å². The van der Waals surface area contributed by atoms with Gasteiger partial charge in [0, 0.05) is 24.3 Å². The van der Waals surface area contributed by atoms with Gasteiger partial charge in [-0.25, -0.2) is 0 Å². The van der Waals surface area contributed by atoms with Crippen LogP contribution in [0.3, 0.4) is 0 Å². The molecule has 2 N–H and O–H groups in total. The molecule has 0 saturated heterocycles. The third kappa shape index (κ3) is 2.71. The number of benzene rings is 1. The lowest BCUT2D eigenvalue weighted by Gasteiger charge is -2.25. The van der Waals surface area contributed by atoms with Crippen LogP contribution in [-0.4, -0.2) is 13.7 Å². The topological polar surface area (TPSA) is 35.2 Å². The quantitative estimate of drug-likeness (QED) is 0.835. The maximum Gasteiger partial charge on any atom is 0.0483 e. The molecule has 0 saturated carbocycles. The summed E-state index contributed by atoms with van der Waals surface area (Å²) in [7, 11) is 1.67. The fourth-order valence-electron chi connectivity index (χ4n) is 1.37. The Labute approximate surface area is 90.0 Å². The fraction of sp³-hybridized carbons (Fsp3) is 0.455. The zero-order chi connectivity index (χ0) is 10.6. The van der Waals surface area contributed by atoms with Crippen LogP contribution >= 0.6 is 11.6 Å². The van der Waals surface area contributed by atoms with Gasteiger partial charge < -0.3 is 10.5 Å². The van der Waals surface area contributed by atoms with Crippen LogP contribution in [0.5, 0.6) is 0 Å². The second kappa shape index (κ2) is 4.78. The molecule has 1 rings (SSSR count). The predicted molar refractivity (Wildman–Crippen MR) is 59.5 cm³/mol. The van der Waals surface area contributed by atoms with E-state index in [4.69, 9.17) is 22.1 Å². The van der Waals surface area contributed by atoms with Crippen molar-refractivity contribution in [2.45, 2.75) is 18.9 Å². The van der Waals surface area contributed by atoms with Gasteiger partial charge in [0.2, 0.25) is 0 Å². The van der Waals surface area contributed by atoms with E-state index in [-0.39, 0.29) is 0 Å². The lowest BCUT2D eigenvalue weighted by atomic mass is 9.90. The third-order valence-electron chi connectivity index (χ3n) is 2.31. The van der Waals surface area contributed by atoms with E-state index >= 15 is 0 Å². The summed E-state index contributed by atoms with van der Waals surface area (Å²) in [5, 5.41) is 0.716. The van der Waals surface area contributed by atoms with Gasteiger partial charge in [-0.15, -0.1) is 0 Å². The van der Waals surface area contributed by atoms with E-state index in [9.17, 15) is 0 Å². The van der Waals surface area contributed by atoms with Crippen molar-refractivity contribution in [1.82, 2.24) is 0 Å². The van der Waals surface area contributed by atoms with E-state index < -0.39 is 5.54 Å². The Morgan fingerprint density at radius 2 is 2.07 bits per heavy atom. The Hall–Kier alpha value is -0.570. The number of hydrogen-bond acceptors (Lipinski definition) is 2. The average Bonchev–Trinajstić information content (AvgIpc) is 2.15. The van der Waals surface area contributed by atoms with Crippen molar-refractivity contribution in [3.05, 3.63) is 34.9 Å². The van der Waals surface area contributed by atoms with Crippen molar-refractivity contribution in [2.75, 3.05) is 13.7 Å². The number of methoxy groups -OCH3 is 1. The Morgan fingerprint density at radius 3 is 2.64 bits per heavy atom. The minimum absolute atomic E-state index is 0.422. The van der Waals surface area contributed by atoms with E-state index in [0.717, 1.165) is 12.0 Å². The van der Waals surface area contributed by atoms with Crippen molar-refractivity contribution in [1.29, 1.82) is 0 Å². The molecule has 0 spiro atoms. The molecule has 14 heavy (non-hydrogen) atoms. The summed E-state index contributed by atoms with van der Waals surface area (Å²) < 4.78 is 5.02. The van der Waals surface area contributed by atoms with Gasteiger partial charge in [0.15, 0.2) is 0 Å². The van der Waals surface area contributed by atoms with Crippen LogP contribution < -0.4 is 5.73 Å². The van der Waals surface area contributed by atoms with E-state index in [1.807, 2.05) is 31.2 Å². The van der Waals surface area contributed by atoms with E-state index in [2.05, 4.69) is 0 Å². The minimum atomic E-state index is -0.422. The van der Waals surface area contributed by atoms with Crippen LogP contribution in [-0.2, 0) is 10.3 Å². The van der Waals surface area contributed by atoms with E-state index in [1.54, 1.807) is 7.11 Å². The molecule has 0 aliphatic rings. The van der Waals surface area contributed by atoms with Crippen molar-refractivity contribution >= 4 is 11.6 Å². The summed E-state index contributed by atoms with van der Waals surface area (Å²) in [6.45, 7) is 2.60. The number of hydrogen-bond donors (Lipinski definition) is 1. The molecule has 78 valence electrons. The van der Waals surface area contributed by atoms with Crippen LogP contribution in [0.25, 0.3) is 0 Å². The molecule has 2 nitrogen and oxygen atoms in total. The molecule has 0 aromatic heterocycles. The molecule has 0 heterocycles. The molecule has 1 aromatic rings. The normalized spacial score (nSPS) is 15.1. The van der Waals surface area contributed by atoms with Crippen molar-refractivity contribution in [3.63, 3.8) is 0 Å². The SMILES string of the molecule is COCCC(C)(N)c1ccccc1Cl. The summed E-state index contributed by atoms with van der Waals surface area (Å²) in [4.78, 5) is 0. The maximum atomic E-state index is 6.16. The van der Waals surface area contributed by atoms with Crippen LogP contribution in [0.2, 0.25) is 5.02 Å². The molecule has 1 unspecified atom stereocenters. The summed E-state index contributed by atoms with van der Waals surface area (Å²) in [5.41, 5.74) is 6.71. The highest BCUT2D eigenvalue weighted by atomic mass is 35.5. The zero-order valence-electron chi connectivity index (χ0n) is 8.59. The molecule has 1 atom stereocenters. The number of halogens is 1. The molecule has 1 aromatic carbocycles. The summed E-state index contributed by atoms with van der Waals surface area (Å²) in [5.74, 6) is 0. The molecule has 0 aliphatic heterocycles.